The monoisotopic (exact) mass is 418 g/mol. The van der Waals surface area contributed by atoms with Gasteiger partial charge in [-0.3, -0.25) is 13.9 Å². The second-order valence-corrected chi connectivity index (χ2v) is 7.28. The largest absolute Gasteiger partial charge is 0.462 e. The number of benzene rings is 2. The molecule has 0 saturated carbocycles. The molecule has 0 atom stereocenters. The van der Waals surface area contributed by atoms with Crippen LogP contribution in [0.15, 0.2) is 57.9 Å². The fourth-order valence-electron chi connectivity index (χ4n) is 3.59. The van der Waals surface area contributed by atoms with E-state index in [9.17, 15) is 14.4 Å². The van der Waals surface area contributed by atoms with Crippen LogP contribution in [-0.2, 0) is 23.6 Å². The molecule has 2 heterocycles. The van der Waals surface area contributed by atoms with Gasteiger partial charge in [0.15, 0.2) is 0 Å². The molecule has 0 aliphatic carbocycles. The van der Waals surface area contributed by atoms with Gasteiger partial charge in [-0.15, -0.1) is 0 Å². The van der Waals surface area contributed by atoms with E-state index in [1.165, 1.54) is 5.01 Å². The van der Waals surface area contributed by atoms with Crippen molar-refractivity contribution in [3.63, 3.8) is 0 Å². The fraction of sp³-hybridized carbons (Fsp3) is 0.217. The van der Waals surface area contributed by atoms with Crippen molar-refractivity contribution in [2.75, 3.05) is 11.6 Å². The van der Waals surface area contributed by atoms with Gasteiger partial charge in [0.25, 0.3) is 5.91 Å². The van der Waals surface area contributed by atoms with Crippen molar-refractivity contribution >= 4 is 40.4 Å². The summed E-state index contributed by atoms with van der Waals surface area (Å²) in [6.07, 6.45) is 1.77. The van der Waals surface area contributed by atoms with Gasteiger partial charge in [-0.1, -0.05) is 6.07 Å². The first-order valence-corrected chi connectivity index (χ1v) is 9.86. The number of amides is 1. The van der Waals surface area contributed by atoms with E-state index >= 15 is 0 Å². The van der Waals surface area contributed by atoms with Crippen molar-refractivity contribution in [1.82, 2.24) is 9.13 Å². The first-order chi connectivity index (χ1) is 14.8. The van der Waals surface area contributed by atoms with E-state index in [0.29, 0.717) is 29.1 Å². The molecule has 0 saturated heterocycles. The average molecular weight is 418 g/mol. The molecule has 1 aliphatic heterocycles. The van der Waals surface area contributed by atoms with Crippen molar-refractivity contribution in [2.24, 2.45) is 19.2 Å². The van der Waals surface area contributed by atoms with Gasteiger partial charge in [-0.05, 0) is 61.9 Å². The normalized spacial score (nSPS) is 15.1. The Hall–Kier alpha value is -3.94. The fourth-order valence-corrected chi connectivity index (χ4v) is 3.59. The minimum absolute atomic E-state index is 0.105. The van der Waals surface area contributed by atoms with Gasteiger partial charge in [-0.25, -0.2) is 9.59 Å². The third kappa shape index (κ3) is 3.46. The molecular weight excluding hydrogens is 396 g/mol. The minimum Gasteiger partial charge on any atom is -0.462 e. The van der Waals surface area contributed by atoms with Crippen LogP contribution in [0.3, 0.4) is 0 Å². The number of nitrogens with zero attached hydrogens (tertiary/aromatic N) is 4. The molecule has 0 N–H and O–H groups in total. The minimum atomic E-state index is -0.409. The van der Waals surface area contributed by atoms with E-state index < -0.39 is 5.97 Å². The van der Waals surface area contributed by atoms with Gasteiger partial charge in [0.05, 0.1) is 40.2 Å². The first-order valence-electron chi connectivity index (χ1n) is 9.86. The Morgan fingerprint density at radius 3 is 2.39 bits per heavy atom. The maximum absolute atomic E-state index is 13.0. The van der Waals surface area contributed by atoms with Gasteiger partial charge in [0.1, 0.15) is 0 Å². The summed E-state index contributed by atoms with van der Waals surface area (Å²) in [4.78, 5) is 37.0. The third-order valence-electron chi connectivity index (χ3n) is 5.29. The summed E-state index contributed by atoms with van der Waals surface area (Å²) in [5.74, 6) is -0.670. The number of hydrogen-bond acceptors (Lipinski definition) is 5. The highest BCUT2D eigenvalue weighted by Crippen LogP contribution is 2.26. The maximum atomic E-state index is 13.0. The number of ether oxygens (including phenoxy) is 1. The molecule has 3 aromatic rings. The number of fused-ring (bicyclic) bond motifs is 1. The molecule has 1 amide bonds. The molecule has 1 aliphatic rings. The average Bonchev–Trinajstić information content (AvgIpc) is 3.17. The maximum Gasteiger partial charge on any atom is 0.338 e. The van der Waals surface area contributed by atoms with E-state index in [1.807, 2.05) is 18.2 Å². The Morgan fingerprint density at radius 2 is 1.71 bits per heavy atom. The molecule has 158 valence electrons. The lowest BCUT2D eigenvalue weighted by Crippen LogP contribution is -2.21. The van der Waals surface area contributed by atoms with Crippen molar-refractivity contribution in [2.45, 2.75) is 13.8 Å². The van der Waals surface area contributed by atoms with E-state index in [0.717, 1.165) is 16.6 Å². The third-order valence-corrected chi connectivity index (χ3v) is 5.29. The molecule has 0 unspecified atom stereocenters. The summed E-state index contributed by atoms with van der Waals surface area (Å²) in [7, 11) is 3.45. The number of aromatic nitrogens is 2. The van der Waals surface area contributed by atoms with Crippen LogP contribution in [0.4, 0.5) is 5.69 Å². The topological polar surface area (TPSA) is 85.9 Å². The van der Waals surface area contributed by atoms with Crippen LogP contribution in [0.25, 0.3) is 17.1 Å². The summed E-state index contributed by atoms with van der Waals surface area (Å²) in [6, 6.07) is 12.1. The zero-order valence-corrected chi connectivity index (χ0v) is 17.7. The predicted octanol–water partition coefficient (Wildman–Crippen LogP) is 2.86. The van der Waals surface area contributed by atoms with E-state index in [-0.39, 0.29) is 11.6 Å². The van der Waals surface area contributed by atoms with Crippen LogP contribution < -0.4 is 10.7 Å². The molecule has 31 heavy (non-hydrogen) atoms. The predicted molar refractivity (Wildman–Crippen MR) is 119 cm³/mol. The Morgan fingerprint density at radius 1 is 1.03 bits per heavy atom. The summed E-state index contributed by atoms with van der Waals surface area (Å²) < 4.78 is 8.14. The second kappa shape index (κ2) is 7.71. The zero-order valence-electron chi connectivity index (χ0n) is 17.7. The van der Waals surface area contributed by atoms with Crippen LogP contribution in [-0.4, -0.2) is 33.3 Å². The number of imidazole rings is 1. The summed E-state index contributed by atoms with van der Waals surface area (Å²) >= 11 is 0. The summed E-state index contributed by atoms with van der Waals surface area (Å²) in [6.45, 7) is 3.81. The highest BCUT2D eigenvalue weighted by molar-refractivity contribution is 6.32. The van der Waals surface area contributed by atoms with Gasteiger partial charge < -0.3 is 4.74 Å². The highest BCUT2D eigenvalue weighted by Gasteiger charge is 2.29. The molecule has 0 spiro atoms. The van der Waals surface area contributed by atoms with Crippen LogP contribution in [0.2, 0.25) is 0 Å². The molecule has 1 aromatic heterocycles. The molecule has 0 fully saturated rings. The van der Waals surface area contributed by atoms with Gasteiger partial charge >= 0.3 is 11.7 Å². The lowest BCUT2D eigenvalue weighted by atomic mass is 10.1. The smallest absolute Gasteiger partial charge is 0.338 e. The van der Waals surface area contributed by atoms with Crippen molar-refractivity contribution in [3.8, 4) is 0 Å². The highest BCUT2D eigenvalue weighted by atomic mass is 16.5. The van der Waals surface area contributed by atoms with Gasteiger partial charge in [0, 0.05) is 14.1 Å². The summed E-state index contributed by atoms with van der Waals surface area (Å²) in [5, 5.41) is 5.70. The molecular formula is C23H22N4O4. The lowest BCUT2D eigenvalue weighted by Gasteiger charge is -2.12. The van der Waals surface area contributed by atoms with E-state index in [2.05, 4.69) is 5.10 Å². The van der Waals surface area contributed by atoms with Crippen molar-refractivity contribution < 1.29 is 14.3 Å². The SMILES string of the molecule is CCOC(=O)c1ccc(N2N=C(C)/C(=C\c3ccc4c(c3)n(C)c(=O)n4C)C2=O)cc1. The standard InChI is InChI=1S/C23H22N4O4/c1-5-31-22(29)16-7-9-17(10-8-16)27-21(28)18(14(2)24-27)12-15-6-11-19-20(13-15)26(4)23(30)25(19)3/h6-13H,5H2,1-4H3/b18-12+. The Kier molecular flexibility index (Phi) is 5.06. The van der Waals surface area contributed by atoms with Crippen molar-refractivity contribution in [3.05, 3.63) is 69.6 Å². The molecule has 8 heteroatoms. The Balaban J connectivity index is 1.64. The number of hydrazone groups is 1. The zero-order chi connectivity index (χ0) is 22.3. The number of anilines is 1. The number of carbonyl (C=O) groups excluding carboxylic acids is 2. The second-order valence-electron chi connectivity index (χ2n) is 7.28. The van der Waals surface area contributed by atoms with Crippen molar-refractivity contribution in [1.29, 1.82) is 0 Å². The molecule has 0 bridgehead atoms. The van der Waals surface area contributed by atoms with Crippen LogP contribution in [0.5, 0.6) is 0 Å². The molecule has 8 nitrogen and oxygen atoms in total. The number of carbonyl (C=O) groups is 2. The number of aryl methyl sites for hydroxylation is 2. The summed E-state index contributed by atoms with van der Waals surface area (Å²) in [5.41, 5.74) is 4.32. The number of rotatable bonds is 4. The quantitative estimate of drug-likeness (QED) is 0.482. The van der Waals surface area contributed by atoms with Gasteiger partial charge in [0.2, 0.25) is 0 Å². The first kappa shape index (κ1) is 20.3. The number of esters is 1. The van der Waals surface area contributed by atoms with Crippen LogP contribution in [0.1, 0.15) is 29.8 Å². The lowest BCUT2D eigenvalue weighted by molar-refractivity contribution is -0.114. The van der Waals surface area contributed by atoms with Crippen LogP contribution >= 0.6 is 0 Å². The van der Waals surface area contributed by atoms with Gasteiger partial charge in [-0.2, -0.15) is 10.1 Å². The Bertz CT molecular complexity index is 1330. The number of hydrogen-bond donors (Lipinski definition) is 0. The molecule has 4 rings (SSSR count). The molecule has 0 radical (unpaired) electrons. The van der Waals surface area contributed by atoms with Crippen LogP contribution in [0, 0.1) is 0 Å². The molecule has 2 aromatic carbocycles. The van der Waals surface area contributed by atoms with E-state index in [1.54, 1.807) is 67.4 Å². The van der Waals surface area contributed by atoms with E-state index in [4.69, 9.17) is 4.74 Å². The Labute approximate surface area is 178 Å².